The second-order valence-corrected chi connectivity index (χ2v) is 7.02. The van der Waals surface area contributed by atoms with Crippen molar-refractivity contribution in [2.24, 2.45) is 0 Å². The SMILES string of the molecule is Cc1cc(N(C)C)n(CCN(C=O)C(=O)c2ncc3cnn(C(C)C)c3n2)n1. The van der Waals surface area contributed by atoms with Crippen LogP contribution in [0.5, 0.6) is 0 Å². The summed E-state index contributed by atoms with van der Waals surface area (Å²) in [4.78, 5) is 35.8. The molecule has 0 bridgehead atoms. The number of anilines is 1. The highest BCUT2D eigenvalue weighted by Gasteiger charge is 2.21. The third-order valence-electron chi connectivity index (χ3n) is 4.29. The molecule has 0 aliphatic heterocycles. The highest BCUT2D eigenvalue weighted by molar-refractivity contribution is 5.97. The van der Waals surface area contributed by atoms with Crippen LogP contribution in [0.15, 0.2) is 18.5 Å². The van der Waals surface area contributed by atoms with Gasteiger partial charge in [0, 0.05) is 38.9 Å². The Hall–Kier alpha value is -3.30. The quantitative estimate of drug-likeness (QED) is 0.565. The molecule has 3 heterocycles. The summed E-state index contributed by atoms with van der Waals surface area (Å²) in [6.07, 6.45) is 3.71. The zero-order valence-electron chi connectivity index (χ0n) is 16.7. The Kier molecular flexibility index (Phi) is 5.39. The summed E-state index contributed by atoms with van der Waals surface area (Å²) in [6.45, 7) is 6.38. The van der Waals surface area contributed by atoms with E-state index in [0.717, 1.165) is 21.8 Å². The van der Waals surface area contributed by atoms with E-state index in [4.69, 9.17) is 0 Å². The van der Waals surface area contributed by atoms with Crippen molar-refractivity contribution in [1.82, 2.24) is 34.4 Å². The molecule has 10 nitrogen and oxygen atoms in total. The van der Waals surface area contributed by atoms with Gasteiger partial charge in [0.2, 0.25) is 12.2 Å². The van der Waals surface area contributed by atoms with Crippen LogP contribution in [0.3, 0.4) is 0 Å². The van der Waals surface area contributed by atoms with Crippen molar-refractivity contribution in [2.45, 2.75) is 33.4 Å². The van der Waals surface area contributed by atoms with Gasteiger partial charge in [-0.05, 0) is 20.8 Å². The van der Waals surface area contributed by atoms with Crippen LogP contribution < -0.4 is 4.90 Å². The average molecular weight is 384 g/mol. The Labute approximate surface area is 162 Å². The molecule has 3 rings (SSSR count). The van der Waals surface area contributed by atoms with E-state index >= 15 is 0 Å². The molecule has 148 valence electrons. The number of aryl methyl sites for hydroxylation is 1. The third kappa shape index (κ3) is 3.71. The number of aromatic nitrogens is 6. The van der Waals surface area contributed by atoms with E-state index in [9.17, 15) is 9.59 Å². The zero-order chi connectivity index (χ0) is 20.4. The van der Waals surface area contributed by atoms with Crippen LogP contribution in [0.1, 0.15) is 36.2 Å². The molecule has 0 saturated carbocycles. The molecule has 3 aromatic rings. The molecule has 0 spiro atoms. The van der Waals surface area contributed by atoms with E-state index in [1.54, 1.807) is 21.8 Å². The summed E-state index contributed by atoms with van der Waals surface area (Å²) < 4.78 is 3.48. The second-order valence-electron chi connectivity index (χ2n) is 7.02. The Morgan fingerprint density at radius 1 is 1.29 bits per heavy atom. The smallest absolute Gasteiger partial charge is 0.298 e. The van der Waals surface area contributed by atoms with Crippen LogP contribution in [0, 0.1) is 6.92 Å². The molecule has 3 aromatic heterocycles. The summed E-state index contributed by atoms with van der Waals surface area (Å²) >= 11 is 0. The van der Waals surface area contributed by atoms with Crippen molar-refractivity contribution in [3.63, 3.8) is 0 Å². The number of hydrogen-bond donors (Lipinski definition) is 0. The van der Waals surface area contributed by atoms with Crippen molar-refractivity contribution in [2.75, 3.05) is 25.5 Å². The highest BCUT2D eigenvalue weighted by atomic mass is 16.2. The van der Waals surface area contributed by atoms with Crippen LogP contribution >= 0.6 is 0 Å². The Morgan fingerprint density at radius 2 is 2.04 bits per heavy atom. The highest BCUT2D eigenvalue weighted by Crippen LogP contribution is 2.16. The standard InChI is InChI=1S/C18H24N8O2/c1-12(2)26-17-14(10-20-26)9-19-16(21-17)18(28)24(11-27)6-7-25-15(23(4)5)8-13(3)22-25/h8-12H,6-7H2,1-5H3. The van der Waals surface area contributed by atoms with Crippen LogP contribution in [-0.2, 0) is 11.3 Å². The predicted octanol–water partition coefficient (Wildman–Crippen LogP) is 1.28. The lowest BCUT2D eigenvalue weighted by Crippen LogP contribution is -2.34. The molecule has 0 radical (unpaired) electrons. The predicted molar refractivity (Wildman–Crippen MR) is 104 cm³/mol. The van der Waals surface area contributed by atoms with Gasteiger partial charge in [-0.2, -0.15) is 10.2 Å². The summed E-state index contributed by atoms with van der Waals surface area (Å²) in [7, 11) is 3.83. The number of rotatable bonds is 7. The van der Waals surface area contributed by atoms with Gasteiger partial charge in [0.15, 0.2) is 5.65 Å². The van der Waals surface area contributed by atoms with Gasteiger partial charge >= 0.3 is 0 Å². The number of hydrogen-bond acceptors (Lipinski definition) is 7. The molecular formula is C18H24N8O2. The van der Waals surface area contributed by atoms with Crippen LogP contribution in [0.4, 0.5) is 5.82 Å². The Balaban J connectivity index is 1.81. The monoisotopic (exact) mass is 384 g/mol. The Bertz CT molecular complexity index is 1000. The van der Waals surface area contributed by atoms with Crippen molar-refractivity contribution in [3.8, 4) is 0 Å². The van der Waals surface area contributed by atoms with Gasteiger partial charge in [0.25, 0.3) is 5.91 Å². The maximum Gasteiger partial charge on any atom is 0.298 e. The molecule has 28 heavy (non-hydrogen) atoms. The first-order valence-corrected chi connectivity index (χ1v) is 9.00. The van der Waals surface area contributed by atoms with E-state index in [1.807, 2.05) is 45.8 Å². The number of amides is 2. The fourth-order valence-corrected chi connectivity index (χ4v) is 2.91. The molecule has 0 N–H and O–H groups in total. The summed E-state index contributed by atoms with van der Waals surface area (Å²) in [5.41, 5.74) is 1.43. The topological polar surface area (TPSA) is 102 Å². The number of fused-ring (bicyclic) bond motifs is 1. The first-order chi connectivity index (χ1) is 13.3. The van der Waals surface area contributed by atoms with Crippen molar-refractivity contribution in [1.29, 1.82) is 0 Å². The van der Waals surface area contributed by atoms with Gasteiger partial charge in [0.05, 0.1) is 23.8 Å². The van der Waals surface area contributed by atoms with Crippen LogP contribution in [0.2, 0.25) is 0 Å². The average Bonchev–Trinajstić information content (AvgIpc) is 3.24. The van der Waals surface area contributed by atoms with E-state index in [2.05, 4.69) is 20.2 Å². The number of imide groups is 1. The third-order valence-corrected chi connectivity index (χ3v) is 4.29. The summed E-state index contributed by atoms with van der Waals surface area (Å²) in [5, 5.41) is 9.42. The number of nitrogens with zero attached hydrogens (tertiary/aromatic N) is 8. The van der Waals surface area contributed by atoms with Gasteiger partial charge in [-0.15, -0.1) is 0 Å². The van der Waals surface area contributed by atoms with E-state index < -0.39 is 5.91 Å². The lowest BCUT2D eigenvalue weighted by Gasteiger charge is -2.18. The maximum atomic E-state index is 12.8. The Morgan fingerprint density at radius 3 is 2.68 bits per heavy atom. The van der Waals surface area contributed by atoms with Gasteiger partial charge in [-0.25, -0.2) is 19.3 Å². The molecule has 0 aliphatic rings. The molecule has 0 saturated heterocycles. The molecule has 2 amide bonds. The maximum absolute atomic E-state index is 12.8. The van der Waals surface area contributed by atoms with E-state index in [1.165, 1.54) is 0 Å². The minimum Gasteiger partial charge on any atom is -0.363 e. The van der Waals surface area contributed by atoms with Crippen molar-refractivity contribution >= 4 is 29.2 Å². The lowest BCUT2D eigenvalue weighted by molar-refractivity contribution is -0.116. The van der Waals surface area contributed by atoms with Gasteiger partial charge in [-0.3, -0.25) is 14.5 Å². The molecular weight excluding hydrogens is 360 g/mol. The largest absolute Gasteiger partial charge is 0.363 e. The number of carbonyl (C=O) groups excluding carboxylic acids is 2. The lowest BCUT2D eigenvalue weighted by atomic mass is 10.3. The summed E-state index contributed by atoms with van der Waals surface area (Å²) in [5.74, 6) is 0.310. The summed E-state index contributed by atoms with van der Waals surface area (Å²) in [6, 6.07) is 2.03. The second kappa shape index (κ2) is 7.75. The fraction of sp³-hybridized carbons (Fsp3) is 0.444. The zero-order valence-corrected chi connectivity index (χ0v) is 16.7. The van der Waals surface area contributed by atoms with Gasteiger partial charge in [0.1, 0.15) is 5.82 Å². The minimum atomic E-state index is -0.552. The fourth-order valence-electron chi connectivity index (χ4n) is 2.91. The minimum absolute atomic E-state index is 0.0357. The molecule has 10 heteroatoms. The normalized spacial score (nSPS) is 11.2. The van der Waals surface area contributed by atoms with Crippen molar-refractivity contribution < 1.29 is 9.59 Å². The van der Waals surface area contributed by atoms with Gasteiger partial charge in [-0.1, -0.05) is 0 Å². The van der Waals surface area contributed by atoms with Crippen molar-refractivity contribution in [3.05, 3.63) is 30.0 Å². The first kappa shape index (κ1) is 19.5. The molecule has 0 aromatic carbocycles. The van der Waals surface area contributed by atoms with Crippen LogP contribution in [0.25, 0.3) is 11.0 Å². The molecule has 0 atom stereocenters. The number of carbonyl (C=O) groups is 2. The van der Waals surface area contributed by atoms with Crippen LogP contribution in [-0.4, -0.2) is 67.4 Å². The first-order valence-electron chi connectivity index (χ1n) is 9.00. The van der Waals surface area contributed by atoms with E-state index in [0.29, 0.717) is 18.6 Å². The van der Waals surface area contributed by atoms with Gasteiger partial charge < -0.3 is 4.90 Å². The molecule has 0 aliphatic carbocycles. The molecule has 0 fully saturated rings. The van der Waals surface area contributed by atoms with E-state index in [-0.39, 0.29) is 18.4 Å². The molecule has 0 unspecified atom stereocenters.